The Hall–Kier alpha value is -4.85. The number of halogens is 2. The molecule has 3 N–H and O–H groups in total. The molecular formula is C31H26F2N4O2. The molecule has 6 nitrogen and oxygen atoms in total. The van der Waals surface area contributed by atoms with E-state index in [1.165, 1.54) is 12.1 Å². The lowest BCUT2D eigenvalue weighted by molar-refractivity contribution is -0.122. The number of hydrogen-bond donors (Lipinski definition) is 2. The van der Waals surface area contributed by atoms with Crippen LogP contribution in [0.2, 0.25) is 0 Å². The minimum Gasteiger partial charge on any atom is -0.366 e. The topological polar surface area (TPSA) is 90.0 Å². The fourth-order valence-electron chi connectivity index (χ4n) is 4.90. The quantitative estimate of drug-likeness (QED) is 0.281. The van der Waals surface area contributed by atoms with Crippen LogP contribution < -0.4 is 11.1 Å². The molecule has 1 atom stereocenters. The molecule has 196 valence electrons. The van der Waals surface area contributed by atoms with Crippen LogP contribution in [0.15, 0.2) is 91.1 Å². The zero-order valence-electron chi connectivity index (χ0n) is 21.2. The minimum absolute atomic E-state index is 0.0483. The Morgan fingerprint density at radius 2 is 1.72 bits per heavy atom. The summed E-state index contributed by atoms with van der Waals surface area (Å²) in [5.74, 6) is -2.28. The van der Waals surface area contributed by atoms with Crippen LogP contribution in [-0.4, -0.2) is 21.4 Å². The number of amides is 2. The summed E-state index contributed by atoms with van der Waals surface area (Å²) < 4.78 is 30.0. The number of primary amides is 1. The molecule has 2 heterocycles. The van der Waals surface area contributed by atoms with Crippen molar-refractivity contribution in [1.29, 1.82) is 0 Å². The predicted octanol–water partition coefficient (Wildman–Crippen LogP) is 5.49. The van der Waals surface area contributed by atoms with Crippen LogP contribution in [0.25, 0.3) is 22.0 Å². The van der Waals surface area contributed by atoms with Gasteiger partial charge in [0.05, 0.1) is 11.7 Å². The summed E-state index contributed by atoms with van der Waals surface area (Å²) in [4.78, 5) is 29.8. The van der Waals surface area contributed by atoms with Gasteiger partial charge in [-0.3, -0.25) is 14.6 Å². The fraction of sp³-hybridized carbons (Fsp3) is 0.129. The van der Waals surface area contributed by atoms with Crippen molar-refractivity contribution in [2.24, 2.45) is 5.73 Å². The number of nitrogens with one attached hydrogen (secondary N) is 1. The van der Waals surface area contributed by atoms with Crippen LogP contribution in [-0.2, 0) is 17.8 Å². The van der Waals surface area contributed by atoms with Gasteiger partial charge < -0.3 is 15.6 Å². The number of carbonyl (C=O) groups excluding carboxylic acids is 2. The third-order valence-electron chi connectivity index (χ3n) is 6.64. The molecule has 5 aromatic rings. The van der Waals surface area contributed by atoms with Crippen molar-refractivity contribution < 1.29 is 18.4 Å². The van der Waals surface area contributed by atoms with E-state index < -0.39 is 23.6 Å². The highest BCUT2D eigenvalue weighted by Gasteiger charge is 2.22. The lowest BCUT2D eigenvalue weighted by atomic mass is 9.94. The van der Waals surface area contributed by atoms with Crippen molar-refractivity contribution in [2.75, 3.05) is 0 Å². The molecule has 0 saturated carbocycles. The van der Waals surface area contributed by atoms with Crippen LogP contribution in [0.5, 0.6) is 0 Å². The van der Waals surface area contributed by atoms with Crippen molar-refractivity contribution in [1.82, 2.24) is 14.9 Å². The molecule has 5 rings (SSSR count). The first kappa shape index (κ1) is 25.8. The van der Waals surface area contributed by atoms with Crippen molar-refractivity contribution in [2.45, 2.75) is 25.9 Å². The van der Waals surface area contributed by atoms with Gasteiger partial charge in [-0.1, -0.05) is 36.4 Å². The third-order valence-corrected chi connectivity index (χ3v) is 6.64. The zero-order valence-corrected chi connectivity index (χ0v) is 21.2. The minimum atomic E-state index is -0.728. The summed E-state index contributed by atoms with van der Waals surface area (Å²) in [7, 11) is 0. The highest BCUT2D eigenvalue weighted by atomic mass is 19.1. The van der Waals surface area contributed by atoms with Gasteiger partial charge in [0, 0.05) is 34.6 Å². The van der Waals surface area contributed by atoms with Gasteiger partial charge in [0.25, 0.3) is 0 Å². The first-order valence-corrected chi connectivity index (χ1v) is 12.4. The summed E-state index contributed by atoms with van der Waals surface area (Å²) in [5, 5.41) is 4.06. The van der Waals surface area contributed by atoms with E-state index in [1.807, 2.05) is 54.0 Å². The molecule has 2 amide bonds. The first-order chi connectivity index (χ1) is 18.8. The summed E-state index contributed by atoms with van der Waals surface area (Å²) in [6, 6.07) is 22.7. The molecule has 0 aliphatic heterocycles. The average molecular weight is 525 g/mol. The van der Waals surface area contributed by atoms with E-state index in [1.54, 1.807) is 30.5 Å². The molecule has 0 spiro atoms. The number of hydrogen-bond acceptors (Lipinski definition) is 3. The van der Waals surface area contributed by atoms with Gasteiger partial charge in [-0.05, 0) is 72.3 Å². The third kappa shape index (κ3) is 5.70. The van der Waals surface area contributed by atoms with Crippen LogP contribution in [0.3, 0.4) is 0 Å². The molecule has 39 heavy (non-hydrogen) atoms. The molecule has 0 fully saturated rings. The van der Waals surface area contributed by atoms with Gasteiger partial charge in [-0.25, -0.2) is 8.78 Å². The van der Waals surface area contributed by atoms with Crippen molar-refractivity contribution in [3.8, 4) is 11.1 Å². The lowest BCUT2D eigenvalue weighted by Gasteiger charge is -2.22. The number of fused-ring (bicyclic) bond motifs is 1. The van der Waals surface area contributed by atoms with E-state index in [0.29, 0.717) is 27.9 Å². The second-order valence-corrected chi connectivity index (χ2v) is 9.41. The molecule has 0 saturated heterocycles. The molecule has 3 aromatic carbocycles. The molecule has 0 bridgehead atoms. The Kier molecular flexibility index (Phi) is 7.19. The number of pyridine rings is 1. The van der Waals surface area contributed by atoms with Crippen molar-refractivity contribution >= 4 is 22.7 Å². The predicted molar refractivity (Wildman–Crippen MR) is 146 cm³/mol. The summed E-state index contributed by atoms with van der Waals surface area (Å²) >= 11 is 0. The number of aryl methyl sites for hydroxylation is 1. The number of carbonyl (C=O) groups is 2. The Bertz CT molecular complexity index is 1680. The van der Waals surface area contributed by atoms with Crippen LogP contribution in [0, 0.1) is 18.6 Å². The number of aromatic nitrogens is 2. The van der Waals surface area contributed by atoms with E-state index in [0.717, 1.165) is 22.7 Å². The molecule has 0 unspecified atom stereocenters. The normalized spacial score (nSPS) is 11.9. The largest absolute Gasteiger partial charge is 0.366 e. The standard InChI is InChI=1S/C31H26F2N4O2/c1-19-12-22-6-2-3-10-28(22)37(19)18-29(38)36-27(15-20-13-24(32)17-25(33)14-20)30-26(9-5-11-35-30)21-7-4-8-23(16-21)31(34)39/h2-14,16-17,27H,15,18H2,1H3,(H2,34,39)(H,36,38)/t27-/m0/s1. The van der Waals surface area contributed by atoms with Crippen molar-refractivity contribution in [3.05, 3.63) is 125 Å². The zero-order chi connectivity index (χ0) is 27.5. The Morgan fingerprint density at radius 3 is 2.49 bits per heavy atom. The summed E-state index contributed by atoms with van der Waals surface area (Å²) in [5.41, 5.74) is 9.85. The van der Waals surface area contributed by atoms with E-state index in [-0.39, 0.29) is 18.9 Å². The Balaban J connectivity index is 1.53. The fourth-order valence-corrected chi connectivity index (χ4v) is 4.90. The molecule has 0 aliphatic carbocycles. The highest BCUT2D eigenvalue weighted by molar-refractivity contribution is 5.94. The van der Waals surface area contributed by atoms with E-state index in [4.69, 9.17) is 5.73 Å². The number of nitrogens with zero attached hydrogens (tertiary/aromatic N) is 2. The highest BCUT2D eigenvalue weighted by Crippen LogP contribution is 2.30. The van der Waals surface area contributed by atoms with E-state index in [2.05, 4.69) is 10.3 Å². The number of benzene rings is 3. The van der Waals surface area contributed by atoms with Gasteiger partial charge in [-0.2, -0.15) is 0 Å². The van der Waals surface area contributed by atoms with Crippen molar-refractivity contribution in [3.63, 3.8) is 0 Å². The molecule has 0 radical (unpaired) electrons. The smallest absolute Gasteiger partial charge is 0.248 e. The van der Waals surface area contributed by atoms with E-state index in [9.17, 15) is 18.4 Å². The maximum atomic E-state index is 14.1. The van der Waals surface area contributed by atoms with Gasteiger partial charge in [0.1, 0.15) is 18.2 Å². The van der Waals surface area contributed by atoms with Crippen LogP contribution >= 0.6 is 0 Å². The summed E-state index contributed by atoms with van der Waals surface area (Å²) in [6.07, 6.45) is 1.68. The maximum Gasteiger partial charge on any atom is 0.248 e. The van der Waals surface area contributed by atoms with Gasteiger partial charge in [0.2, 0.25) is 11.8 Å². The molecule has 0 aliphatic rings. The monoisotopic (exact) mass is 524 g/mol. The second-order valence-electron chi connectivity index (χ2n) is 9.41. The molecule has 2 aromatic heterocycles. The Morgan fingerprint density at radius 1 is 0.949 bits per heavy atom. The van der Waals surface area contributed by atoms with Gasteiger partial charge in [0.15, 0.2) is 0 Å². The summed E-state index contributed by atoms with van der Waals surface area (Å²) in [6.45, 7) is 1.98. The number of nitrogens with two attached hydrogens (primary N) is 1. The Labute approximate surface area is 224 Å². The van der Waals surface area contributed by atoms with E-state index >= 15 is 0 Å². The molecular weight excluding hydrogens is 498 g/mol. The molecule has 8 heteroatoms. The average Bonchev–Trinajstić information content (AvgIpc) is 3.22. The lowest BCUT2D eigenvalue weighted by Crippen LogP contribution is -2.33. The maximum absolute atomic E-state index is 14.1. The van der Waals surface area contributed by atoms with Crippen LogP contribution in [0.1, 0.15) is 33.4 Å². The second kappa shape index (κ2) is 10.9. The van der Waals surface area contributed by atoms with Crippen LogP contribution in [0.4, 0.5) is 8.78 Å². The number of para-hydroxylation sites is 1. The first-order valence-electron chi connectivity index (χ1n) is 12.4. The van der Waals surface area contributed by atoms with Gasteiger partial charge in [-0.15, -0.1) is 0 Å². The van der Waals surface area contributed by atoms with Gasteiger partial charge >= 0.3 is 0 Å². The number of rotatable bonds is 8. The SMILES string of the molecule is Cc1cc2ccccc2n1CC(=O)N[C@@H](Cc1cc(F)cc(F)c1)c1ncccc1-c1cccc(C(N)=O)c1.